The molecule has 0 unspecified atom stereocenters. The summed E-state index contributed by atoms with van der Waals surface area (Å²) in [5.41, 5.74) is 4.04. The van der Waals surface area contributed by atoms with Crippen molar-refractivity contribution < 1.29 is 5.11 Å². The van der Waals surface area contributed by atoms with Gasteiger partial charge in [0, 0.05) is 60.5 Å². The number of rotatable bonds is 2. The second-order valence-corrected chi connectivity index (χ2v) is 9.18. The summed E-state index contributed by atoms with van der Waals surface area (Å²) in [6.07, 6.45) is 2.09. The largest absolute Gasteiger partial charge is 0.493 e. The molecule has 0 amide bonds. The first-order chi connectivity index (χ1) is 16.1. The van der Waals surface area contributed by atoms with Gasteiger partial charge in [0.1, 0.15) is 5.52 Å². The van der Waals surface area contributed by atoms with Gasteiger partial charge in [-0.3, -0.25) is 14.7 Å². The van der Waals surface area contributed by atoms with E-state index in [0.29, 0.717) is 10.9 Å². The number of likely N-dealkylation sites (N-methyl/N-ethyl adjacent to an activating group) is 1. The maximum atomic E-state index is 13.1. The smallest absolute Gasteiger partial charge is 0.261 e. The fourth-order valence-electron chi connectivity index (χ4n) is 5.55. The zero-order valence-electron chi connectivity index (χ0n) is 18.3. The SMILES string of the molecule is CN1CCN(Cc2cn3c4c(O)[nH]c(=O)c4c4c5ccccc5nc4c4cccc2c43)CC1. The van der Waals surface area contributed by atoms with Gasteiger partial charge in [0.2, 0.25) is 5.88 Å². The van der Waals surface area contributed by atoms with Crippen molar-refractivity contribution in [3.63, 3.8) is 0 Å². The molecule has 5 heterocycles. The molecular formula is C26H23N5O2. The molecule has 0 radical (unpaired) electrons. The van der Waals surface area contributed by atoms with Gasteiger partial charge in [0.25, 0.3) is 5.56 Å². The van der Waals surface area contributed by atoms with Crippen molar-refractivity contribution in [3.05, 3.63) is 64.6 Å². The molecular weight excluding hydrogens is 414 g/mol. The van der Waals surface area contributed by atoms with E-state index in [-0.39, 0.29) is 11.4 Å². The van der Waals surface area contributed by atoms with E-state index < -0.39 is 0 Å². The van der Waals surface area contributed by atoms with Crippen LogP contribution in [0.3, 0.4) is 0 Å². The van der Waals surface area contributed by atoms with Gasteiger partial charge >= 0.3 is 0 Å². The molecule has 164 valence electrons. The molecule has 7 nitrogen and oxygen atoms in total. The molecule has 7 heteroatoms. The summed E-state index contributed by atoms with van der Waals surface area (Å²) in [6.45, 7) is 4.98. The van der Waals surface area contributed by atoms with Crippen molar-refractivity contribution in [2.75, 3.05) is 33.2 Å². The first kappa shape index (κ1) is 18.8. The lowest BCUT2D eigenvalue weighted by Crippen LogP contribution is -2.43. The number of fused-ring (bicyclic) bond motifs is 7. The Hall–Kier alpha value is -3.68. The molecule has 2 N–H and O–H groups in total. The second-order valence-electron chi connectivity index (χ2n) is 9.18. The Morgan fingerprint density at radius 1 is 0.939 bits per heavy atom. The Labute approximate surface area is 188 Å². The number of hydrogen-bond donors (Lipinski definition) is 2. The van der Waals surface area contributed by atoms with Gasteiger partial charge in [-0.05, 0) is 18.7 Å². The molecule has 33 heavy (non-hydrogen) atoms. The first-order valence-electron chi connectivity index (χ1n) is 11.3. The van der Waals surface area contributed by atoms with Crippen LogP contribution in [0.15, 0.2) is 53.5 Å². The maximum Gasteiger partial charge on any atom is 0.261 e. The number of nitrogens with one attached hydrogen (secondary N) is 1. The number of benzene rings is 2. The molecule has 1 aliphatic rings. The van der Waals surface area contributed by atoms with Crippen LogP contribution in [0.4, 0.5) is 0 Å². The van der Waals surface area contributed by atoms with E-state index in [1.54, 1.807) is 0 Å². The van der Waals surface area contributed by atoms with Crippen molar-refractivity contribution >= 4 is 49.0 Å². The molecule has 4 aromatic heterocycles. The molecule has 1 fully saturated rings. The summed E-state index contributed by atoms with van der Waals surface area (Å²) in [7, 11) is 2.16. The first-order valence-corrected chi connectivity index (χ1v) is 11.3. The topological polar surface area (TPSA) is 76.9 Å². The minimum atomic E-state index is -0.294. The third-order valence-corrected chi connectivity index (χ3v) is 7.21. The van der Waals surface area contributed by atoms with Crippen molar-refractivity contribution in [2.45, 2.75) is 6.54 Å². The predicted octanol–water partition coefficient (Wildman–Crippen LogP) is 3.53. The van der Waals surface area contributed by atoms with E-state index in [4.69, 9.17) is 4.98 Å². The molecule has 0 spiro atoms. The highest BCUT2D eigenvalue weighted by molar-refractivity contribution is 6.26. The second kappa shape index (κ2) is 6.66. The van der Waals surface area contributed by atoms with Crippen molar-refractivity contribution in [3.8, 4) is 5.88 Å². The number of aromatic hydroxyl groups is 1. The van der Waals surface area contributed by atoms with Gasteiger partial charge < -0.3 is 14.4 Å². The van der Waals surface area contributed by atoms with E-state index in [0.717, 1.165) is 70.8 Å². The highest BCUT2D eigenvalue weighted by Crippen LogP contribution is 2.39. The van der Waals surface area contributed by atoms with E-state index in [1.807, 2.05) is 28.7 Å². The van der Waals surface area contributed by atoms with Crippen LogP contribution >= 0.6 is 0 Å². The lowest BCUT2D eigenvalue weighted by atomic mass is 10.1. The molecule has 0 atom stereocenters. The molecule has 6 aromatic rings. The average Bonchev–Trinajstić information content (AvgIpc) is 3.43. The third kappa shape index (κ3) is 2.57. The van der Waals surface area contributed by atoms with Crippen LogP contribution in [0, 0.1) is 0 Å². The molecule has 1 aliphatic heterocycles. The minimum Gasteiger partial charge on any atom is -0.493 e. The normalized spacial score (nSPS) is 16.3. The average molecular weight is 438 g/mol. The van der Waals surface area contributed by atoms with E-state index in [2.05, 4.69) is 46.2 Å². The van der Waals surface area contributed by atoms with Gasteiger partial charge in [-0.1, -0.05) is 36.4 Å². The summed E-state index contributed by atoms with van der Waals surface area (Å²) < 4.78 is 2.00. The number of aromatic nitrogens is 3. The highest BCUT2D eigenvalue weighted by Gasteiger charge is 2.23. The fourth-order valence-corrected chi connectivity index (χ4v) is 5.55. The lowest BCUT2D eigenvalue weighted by molar-refractivity contribution is 0.148. The molecule has 7 rings (SSSR count). The zero-order valence-corrected chi connectivity index (χ0v) is 18.3. The van der Waals surface area contributed by atoms with E-state index in [9.17, 15) is 9.90 Å². The van der Waals surface area contributed by atoms with Gasteiger partial charge in [0.05, 0.1) is 21.9 Å². The van der Waals surface area contributed by atoms with Gasteiger partial charge in [-0.2, -0.15) is 0 Å². The molecule has 0 aliphatic carbocycles. The Morgan fingerprint density at radius 3 is 2.55 bits per heavy atom. The lowest BCUT2D eigenvalue weighted by Gasteiger charge is -2.32. The van der Waals surface area contributed by atoms with Crippen LogP contribution in [-0.4, -0.2) is 62.5 Å². The van der Waals surface area contributed by atoms with E-state index >= 15 is 0 Å². The fraction of sp³-hybridized carbons (Fsp3) is 0.231. The zero-order chi connectivity index (χ0) is 22.3. The summed E-state index contributed by atoms with van der Waals surface area (Å²) >= 11 is 0. The third-order valence-electron chi connectivity index (χ3n) is 7.21. The quantitative estimate of drug-likeness (QED) is 0.433. The van der Waals surface area contributed by atoms with Crippen LogP contribution in [0.25, 0.3) is 49.0 Å². The van der Waals surface area contributed by atoms with Gasteiger partial charge in [-0.15, -0.1) is 0 Å². The molecule has 0 saturated carbocycles. The number of nitrogens with zero attached hydrogens (tertiary/aromatic N) is 4. The number of hydrogen-bond acceptors (Lipinski definition) is 5. The predicted molar refractivity (Wildman–Crippen MR) is 131 cm³/mol. The number of piperazine rings is 1. The molecule has 1 saturated heterocycles. The Balaban J connectivity index is 1.63. The van der Waals surface area contributed by atoms with Crippen LogP contribution < -0.4 is 5.56 Å². The monoisotopic (exact) mass is 437 g/mol. The standard InChI is InChI=1S/C26H23N5O2/c1-29-9-11-30(12-10-29)13-15-14-31-23-16(15)6-4-7-18(23)22-20(17-5-2-3-8-19(17)27-22)21-24(31)26(33)28-25(21)32/h2-8,14,33H,9-13H2,1H3,(H,28,32). The van der Waals surface area contributed by atoms with Crippen LogP contribution in [-0.2, 0) is 6.54 Å². The van der Waals surface area contributed by atoms with Crippen molar-refractivity contribution in [1.29, 1.82) is 0 Å². The van der Waals surface area contributed by atoms with Crippen molar-refractivity contribution in [1.82, 2.24) is 24.2 Å². The van der Waals surface area contributed by atoms with Crippen LogP contribution in [0.2, 0.25) is 0 Å². The van der Waals surface area contributed by atoms with Gasteiger partial charge in [-0.25, -0.2) is 4.98 Å². The number of H-pyrrole nitrogens is 1. The summed E-state index contributed by atoms with van der Waals surface area (Å²) in [4.78, 5) is 25.5. The Kier molecular flexibility index (Phi) is 3.81. The number of aromatic amines is 1. The Morgan fingerprint density at radius 2 is 1.70 bits per heavy atom. The highest BCUT2D eigenvalue weighted by atomic mass is 16.3. The maximum absolute atomic E-state index is 13.1. The number of para-hydroxylation sites is 2. The van der Waals surface area contributed by atoms with Gasteiger partial charge in [0.15, 0.2) is 0 Å². The summed E-state index contributed by atoms with van der Waals surface area (Å²) in [6, 6.07) is 14.2. The molecule has 0 bridgehead atoms. The van der Waals surface area contributed by atoms with Crippen molar-refractivity contribution in [2.24, 2.45) is 0 Å². The van der Waals surface area contributed by atoms with E-state index in [1.165, 1.54) is 5.56 Å². The molecule has 2 aromatic carbocycles. The summed E-state index contributed by atoms with van der Waals surface area (Å²) in [5, 5.41) is 15.2. The Bertz CT molecular complexity index is 1760. The minimum absolute atomic E-state index is 0.106. The van der Waals surface area contributed by atoms with Crippen LogP contribution in [0.5, 0.6) is 5.88 Å². The van der Waals surface area contributed by atoms with Crippen LogP contribution in [0.1, 0.15) is 5.56 Å². The summed E-state index contributed by atoms with van der Waals surface area (Å²) in [5.74, 6) is -0.106.